The van der Waals surface area contributed by atoms with Crippen molar-refractivity contribution in [1.29, 1.82) is 0 Å². The first-order chi connectivity index (χ1) is 25.8. The lowest BCUT2D eigenvalue weighted by molar-refractivity contribution is 1.28. The summed E-state index contributed by atoms with van der Waals surface area (Å²) in [6, 6.07) is 72.9. The highest BCUT2D eigenvalue weighted by Crippen LogP contribution is 2.42. The molecule has 0 amide bonds. The van der Waals surface area contributed by atoms with Gasteiger partial charge in [-0.1, -0.05) is 152 Å². The van der Waals surface area contributed by atoms with Gasteiger partial charge in [-0.2, -0.15) is 0 Å². The van der Waals surface area contributed by atoms with Gasteiger partial charge in [0.1, 0.15) is 0 Å². The molecule has 244 valence electrons. The van der Waals surface area contributed by atoms with Gasteiger partial charge in [0.05, 0.1) is 0 Å². The molecule has 0 atom stereocenters. The van der Waals surface area contributed by atoms with Gasteiger partial charge >= 0.3 is 0 Å². The van der Waals surface area contributed by atoms with E-state index in [0.29, 0.717) is 0 Å². The molecule has 0 unspecified atom stereocenters. The predicted octanol–water partition coefficient (Wildman–Crippen LogP) is 14.8. The highest BCUT2D eigenvalue weighted by atomic mass is 32.1. The van der Waals surface area contributed by atoms with E-state index in [0.717, 1.165) is 17.1 Å². The second-order valence-corrected chi connectivity index (χ2v) is 14.4. The van der Waals surface area contributed by atoms with Crippen LogP contribution in [-0.4, -0.2) is 0 Å². The molecule has 0 radical (unpaired) electrons. The van der Waals surface area contributed by atoms with Crippen molar-refractivity contribution in [3.63, 3.8) is 0 Å². The molecule has 0 aliphatic carbocycles. The third-order valence-electron chi connectivity index (χ3n) is 10.3. The topological polar surface area (TPSA) is 3.24 Å². The molecular formula is C50H33NS. The first-order valence-electron chi connectivity index (χ1n) is 17.8. The van der Waals surface area contributed by atoms with E-state index < -0.39 is 0 Å². The van der Waals surface area contributed by atoms with E-state index >= 15 is 0 Å². The second kappa shape index (κ2) is 12.7. The Kier molecular flexibility index (Phi) is 7.41. The Bertz CT molecular complexity index is 2880. The minimum absolute atomic E-state index is 1.11. The van der Waals surface area contributed by atoms with Crippen LogP contribution < -0.4 is 4.90 Å². The number of anilines is 3. The van der Waals surface area contributed by atoms with Gasteiger partial charge in [-0.15, -0.1) is 11.3 Å². The molecule has 1 nitrogen and oxygen atoms in total. The number of hydrogen-bond donors (Lipinski definition) is 0. The lowest BCUT2D eigenvalue weighted by atomic mass is 9.97. The van der Waals surface area contributed by atoms with Crippen molar-refractivity contribution in [2.24, 2.45) is 0 Å². The molecule has 1 aromatic heterocycles. The Hall–Kier alpha value is -6.48. The summed E-state index contributed by atoms with van der Waals surface area (Å²) < 4.78 is 2.69. The van der Waals surface area contributed by atoms with Crippen LogP contribution in [0.25, 0.3) is 75.1 Å². The SMILES string of the molecule is c1ccc(-c2ccc(N(c3ccc(-c4ccc5ccc6c7ccccc7sc6c5c4)cc3)c3cccc(-c4cccc5ccccc45)c3)cc2)cc1. The summed E-state index contributed by atoms with van der Waals surface area (Å²) in [5, 5.41) is 7.76. The average molecular weight is 680 g/mol. The van der Waals surface area contributed by atoms with E-state index in [1.54, 1.807) is 0 Å². The Morgan fingerprint density at radius 2 is 0.885 bits per heavy atom. The average Bonchev–Trinajstić information content (AvgIpc) is 3.61. The van der Waals surface area contributed by atoms with Gasteiger partial charge in [-0.25, -0.2) is 0 Å². The molecule has 1 heterocycles. The van der Waals surface area contributed by atoms with Crippen molar-refractivity contribution < 1.29 is 0 Å². The molecule has 0 spiro atoms. The Labute approximate surface area is 307 Å². The normalized spacial score (nSPS) is 11.5. The third kappa shape index (κ3) is 5.33. The number of hydrogen-bond acceptors (Lipinski definition) is 2. The van der Waals surface area contributed by atoms with Crippen LogP contribution in [0, 0.1) is 0 Å². The first kappa shape index (κ1) is 30.4. The van der Waals surface area contributed by atoms with Crippen LogP contribution in [0.3, 0.4) is 0 Å². The molecule has 0 fully saturated rings. The number of benzene rings is 9. The molecule has 9 aromatic carbocycles. The Balaban J connectivity index is 1.07. The van der Waals surface area contributed by atoms with Gasteiger partial charge in [0.25, 0.3) is 0 Å². The summed E-state index contributed by atoms with van der Waals surface area (Å²) in [5.74, 6) is 0. The summed E-state index contributed by atoms with van der Waals surface area (Å²) in [5.41, 5.74) is 10.6. The largest absolute Gasteiger partial charge is 0.310 e. The smallest absolute Gasteiger partial charge is 0.0467 e. The van der Waals surface area contributed by atoms with Gasteiger partial charge < -0.3 is 4.90 Å². The van der Waals surface area contributed by atoms with Crippen molar-refractivity contribution in [3.05, 3.63) is 200 Å². The number of fused-ring (bicyclic) bond motifs is 6. The number of rotatable bonds is 6. The zero-order chi connectivity index (χ0) is 34.4. The summed E-state index contributed by atoms with van der Waals surface area (Å²) in [6.07, 6.45) is 0. The van der Waals surface area contributed by atoms with Crippen LogP contribution in [0.1, 0.15) is 0 Å². The van der Waals surface area contributed by atoms with Crippen molar-refractivity contribution in [3.8, 4) is 33.4 Å². The summed E-state index contributed by atoms with van der Waals surface area (Å²) >= 11 is 1.89. The standard InChI is InChI=1S/C50H33NS/c1-2-10-34(11-3-1)35-22-27-41(28-23-35)51(43-15-8-14-40(32-43)45-18-9-13-37-12-4-5-16-44(37)45)42-29-24-36(25-30-42)39-21-20-38-26-31-47-46-17-6-7-19-49(46)52-50(47)48(38)33-39/h1-33H. The van der Waals surface area contributed by atoms with Gasteiger partial charge in [0, 0.05) is 42.6 Å². The zero-order valence-electron chi connectivity index (χ0n) is 28.4. The van der Waals surface area contributed by atoms with Crippen LogP contribution in [0.2, 0.25) is 0 Å². The van der Waals surface area contributed by atoms with E-state index in [2.05, 4.69) is 205 Å². The Morgan fingerprint density at radius 3 is 1.69 bits per heavy atom. The van der Waals surface area contributed by atoms with E-state index in [4.69, 9.17) is 0 Å². The van der Waals surface area contributed by atoms with Crippen molar-refractivity contribution in [1.82, 2.24) is 0 Å². The molecular weight excluding hydrogens is 647 g/mol. The van der Waals surface area contributed by atoms with Gasteiger partial charge in [0.2, 0.25) is 0 Å². The fourth-order valence-corrected chi connectivity index (χ4v) is 8.88. The van der Waals surface area contributed by atoms with Crippen molar-refractivity contribution >= 4 is 70.1 Å². The van der Waals surface area contributed by atoms with Crippen LogP contribution >= 0.6 is 11.3 Å². The highest BCUT2D eigenvalue weighted by molar-refractivity contribution is 7.26. The number of nitrogens with zero attached hydrogens (tertiary/aromatic N) is 1. The maximum Gasteiger partial charge on any atom is 0.0467 e. The van der Waals surface area contributed by atoms with Gasteiger partial charge in [-0.3, -0.25) is 0 Å². The molecule has 0 bridgehead atoms. The van der Waals surface area contributed by atoms with E-state index in [1.807, 2.05) is 11.3 Å². The molecule has 0 saturated heterocycles. The molecule has 0 aliphatic rings. The molecule has 0 aliphatic heterocycles. The summed E-state index contributed by atoms with van der Waals surface area (Å²) in [7, 11) is 0. The van der Waals surface area contributed by atoms with E-state index in [-0.39, 0.29) is 0 Å². The van der Waals surface area contributed by atoms with Crippen molar-refractivity contribution in [2.75, 3.05) is 4.90 Å². The first-order valence-corrected chi connectivity index (χ1v) is 18.6. The molecule has 10 aromatic rings. The van der Waals surface area contributed by atoms with Crippen LogP contribution in [-0.2, 0) is 0 Å². The van der Waals surface area contributed by atoms with E-state index in [1.165, 1.54) is 75.1 Å². The van der Waals surface area contributed by atoms with Crippen LogP contribution in [0.15, 0.2) is 200 Å². The monoisotopic (exact) mass is 679 g/mol. The van der Waals surface area contributed by atoms with Crippen LogP contribution in [0.5, 0.6) is 0 Å². The fraction of sp³-hybridized carbons (Fsp3) is 0. The lowest BCUT2D eigenvalue weighted by Crippen LogP contribution is -2.10. The fourth-order valence-electron chi connectivity index (χ4n) is 7.66. The minimum atomic E-state index is 1.11. The lowest BCUT2D eigenvalue weighted by Gasteiger charge is -2.26. The summed E-state index contributed by atoms with van der Waals surface area (Å²) in [4.78, 5) is 2.37. The van der Waals surface area contributed by atoms with Crippen molar-refractivity contribution in [2.45, 2.75) is 0 Å². The van der Waals surface area contributed by atoms with Gasteiger partial charge in [0.15, 0.2) is 0 Å². The number of thiophene rings is 1. The minimum Gasteiger partial charge on any atom is -0.310 e. The zero-order valence-corrected chi connectivity index (χ0v) is 29.2. The molecule has 0 saturated carbocycles. The molecule has 52 heavy (non-hydrogen) atoms. The molecule has 2 heteroatoms. The van der Waals surface area contributed by atoms with Gasteiger partial charge in [-0.05, 0) is 98.1 Å². The quantitative estimate of drug-likeness (QED) is 0.169. The summed E-state index contributed by atoms with van der Waals surface area (Å²) in [6.45, 7) is 0. The highest BCUT2D eigenvalue weighted by Gasteiger charge is 2.16. The third-order valence-corrected chi connectivity index (χ3v) is 11.5. The molecule has 10 rings (SSSR count). The van der Waals surface area contributed by atoms with Crippen LogP contribution in [0.4, 0.5) is 17.1 Å². The Morgan fingerprint density at radius 1 is 0.308 bits per heavy atom. The van der Waals surface area contributed by atoms with E-state index in [9.17, 15) is 0 Å². The maximum absolute atomic E-state index is 2.37. The predicted molar refractivity (Wildman–Crippen MR) is 225 cm³/mol. The molecule has 0 N–H and O–H groups in total. The second-order valence-electron chi connectivity index (χ2n) is 13.3. The maximum atomic E-state index is 2.37.